The lowest BCUT2D eigenvalue weighted by Gasteiger charge is -2.28. The van der Waals surface area contributed by atoms with Crippen LogP contribution in [-0.4, -0.2) is 27.5 Å². The number of halogens is 1. The molecule has 2 aromatic rings. The van der Waals surface area contributed by atoms with Crippen LogP contribution in [0.25, 0.3) is 0 Å². The van der Waals surface area contributed by atoms with E-state index < -0.39 is 16.9 Å². The topological polar surface area (TPSA) is 110 Å². The highest BCUT2D eigenvalue weighted by atomic mass is 35.5. The minimum atomic E-state index is -0.846. The van der Waals surface area contributed by atoms with Crippen LogP contribution in [0.3, 0.4) is 0 Å². The summed E-state index contributed by atoms with van der Waals surface area (Å²) < 4.78 is 0. The summed E-state index contributed by atoms with van der Waals surface area (Å²) in [6.07, 6.45) is 4.68. The maximum atomic E-state index is 13.4. The Morgan fingerprint density at radius 1 is 1.06 bits per heavy atom. The third-order valence-corrected chi connectivity index (χ3v) is 7.17. The number of nitrogens with zero attached hydrogens (tertiary/aromatic N) is 2. The first kappa shape index (κ1) is 21.3. The zero-order valence-electron chi connectivity index (χ0n) is 17.4. The number of anilines is 1. The van der Waals surface area contributed by atoms with Gasteiger partial charge in [-0.2, -0.15) is 0 Å². The first-order valence-corrected chi connectivity index (χ1v) is 11.1. The normalized spacial score (nSPS) is 25.9. The van der Waals surface area contributed by atoms with E-state index in [2.05, 4.69) is 5.32 Å². The van der Waals surface area contributed by atoms with Gasteiger partial charge in [-0.15, -0.1) is 0 Å². The summed E-state index contributed by atoms with van der Waals surface area (Å²) >= 11 is 6.42. The molecular formula is C24H20ClN3O5. The number of imide groups is 1. The van der Waals surface area contributed by atoms with E-state index in [0.29, 0.717) is 16.3 Å². The Morgan fingerprint density at radius 2 is 1.67 bits per heavy atom. The van der Waals surface area contributed by atoms with E-state index in [9.17, 15) is 24.5 Å². The van der Waals surface area contributed by atoms with Crippen molar-refractivity contribution in [1.29, 1.82) is 0 Å². The summed E-state index contributed by atoms with van der Waals surface area (Å²) in [5.74, 6) is -1.59. The molecule has 0 aromatic heterocycles. The van der Waals surface area contributed by atoms with E-state index in [1.54, 1.807) is 24.3 Å². The predicted molar refractivity (Wildman–Crippen MR) is 120 cm³/mol. The van der Waals surface area contributed by atoms with Crippen molar-refractivity contribution in [3.8, 4) is 0 Å². The lowest BCUT2D eigenvalue weighted by Crippen LogP contribution is -2.38. The van der Waals surface area contributed by atoms with Crippen LogP contribution in [0.15, 0.2) is 60.7 Å². The maximum absolute atomic E-state index is 13.4. The van der Waals surface area contributed by atoms with Crippen molar-refractivity contribution in [3.05, 3.63) is 81.4 Å². The highest BCUT2D eigenvalue weighted by Gasteiger charge is 2.60. The average molecular weight is 466 g/mol. The van der Waals surface area contributed by atoms with Crippen LogP contribution < -0.4 is 5.32 Å². The number of nitrogens with one attached hydrogen (secondary N) is 1. The minimum absolute atomic E-state index is 0.0577. The van der Waals surface area contributed by atoms with Crippen LogP contribution in [0.4, 0.5) is 11.4 Å². The van der Waals surface area contributed by atoms with E-state index in [1.165, 1.54) is 29.2 Å². The number of allylic oxidation sites excluding steroid dienone is 2. The van der Waals surface area contributed by atoms with Crippen molar-refractivity contribution in [2.45, 2.75) is 18.9 Å². The fraction of sp³-hybridized carbons (Fsp3) is 0.292. The molecule has 2 aromatic carbocycles. The zero-order valence-corrected chi connectivity index (χ0v) is 18.1. The molecule has 1 heterocycles. The lowest BCUT2D eigenvalue weighted by molar-refractivity contribution is -0.384. The Morgan fingerprint density at radius 3 is 2.24 bits per heavy atom. The van der Waals surface area contributed by atoms with Crippen molar-refractivity contribution in [2.75, 3.05) is 5.32 Å². The van der Waals surface area contributed by atoms with Crippen molar-refractivity contribution >= 4 is 40.7 Å². The van der Waals surface area contributed by atoms with E-state index in [1.807, 2.05) is 12.2 Å². The van der Waals surface area contributed by atoms with Crippen molar-refractivity contribution < 1.29 is 19.3 Å². The molecule has 5 rings (SSSR count). The molecular weight excluding hydrogens is 446 g/mol. The fourth-order valence-electron chi connectivity index (χ4n) is 5.37. The molecule has 3 aliphatic rings. The van der Waals surface area contributed by atoms with Crippen molar-refractivity contribution in [2.24, 2.45) is 23.7 Å². The number of fused-ring (bicyclic) bond motifs is 5. The van der Waals surface area contributed by atoms with Crippen LogP contribution in [0, 0.1) is 33.8 Å². The van der Waals surface area contributed by atoms with Crippen LogP contribution in [-0.2, 0) is 14.4 Å². The molecule has 2 fully saturated rings. The number of hydrogen-bond acceptors (Lipinski definition) is 5. The zero-order chi connectivity index (χ0) is 23.3. The van der Waals surface area contributed by atoms with Gasteiger partial charge in [0.05, 0.1) is 29.2 Å². The molecule has 0 radical (unpaired) electrons. The smallest absolute Gasteiger partial charge is 0.269 e. The first-order valence-electron chi connectivity index (χ1n) is 10.7. The molecule has 9 heteroatoms. The fourth-order valence-corrected chi connectivity index (χ4v) is 5.63. The second-order valence-electron chi connectivity index (χ2n) is 8.64. The van der Waals surface area contributed by atoms with E-state index >= 15 is 0 Å². The third kappa shape index (κ3) is 3.60. The minimum Gasteiger partial charge on any atom is -0.326 e. The number of benzene rings is 2. The van der Waals surface area contributed by atoms with Crippen LogP contribution in [0.5, 0.6) is 0 Å². The number of rotatable bonds is 6. The summed E-state index contributed by atoms with van der Waals surface area (Å²) in [5.41, 5.74) is 0.812. The van der Waals surface area contributed by atoms with Gasteiger partial charge in [-0.25, -0.2) is 0 Å². The van der Waals surface area contributed by atoms with E-state index in [-0.39, 0.29) is 47.6 Å². The van der Waals surface area contributed by atoms with E-state index in [0.717, 1.165) is 6.42 Å². The highest BCUT2D eigenvalue weighted by Crippen LogP contribution is 2.54. The standard InChI is InChI=1S/C24H20ClN3O5/c25-18-4-2-1-3-17(18)19(12-20(29)26-15-7-9-16(10-8-15)28(32)33)27-23(30)21-13-5-6-14(11-13)22(21)24(27)31/h1-10,13-14,19,21-22H,11-12H2,(H,26,29). The molecule has 1 N–H and O–H groups in total. The summed E-state index contributed by atoms with van der Waals surface area (Å²) in [6, 6.07) is 11.5. The summed E-state index contributed by atoms with van der Waals surface area (Å²) in [7, 11) is 0. The summed E-state index contributed by atoms with van der Waals surface area (Å²) in [5, 5.41) is 13.9. The molecule has 3 amide bonds. The van der Waals surface area contributed by atoms with Gasteiger partial charge in [0.2, 0.25) is 17.7 Å². The number of nitro benzene ring substituents is 1. The molecule has 5 unspecified atom stereocenters. The van der Waals surface area contributed by atoms with Gasteiger partial charge in [0.15, 0.2) is 0 Å². The molecule has 168 valence electrons. The second kappa shape index (κ2) is 8.12. The van der Waals surface area contributed by atoms with Gasteiger partial charge < -0.3 is 5.32 Å². The van der Waals surface area contributed by atoms with Gasteiger partial charge >= 0.3 is 0 Å². The van der Waals surface area contributed by atoms with Crippen LogP contribution in [0.2, 0.25) is 5.02 Å². The Hall–Kier alpha value is -3.52. The SMILES string of the molecule is O=C(CC(c1ccccc1Cl)N1C(=O)C2C3C=CC(C3)C2C1=O)Nc1ccc([N+](=O)[O-])cc1. The predicted octanol–water partition coefficient (Wildman–Crippen LogP) is 4.13. The second-order valence-corrected chi connectivity index (χ2v) is 9.05. The number of nitro groups is 1. The number of non-ortho nitro benzene ring substituents is 1. The van der Waals surface area contributed by atoms with Gasteiger partial charge in [-0.3, -0.25) is 29.4 Å². The summed E-state index contributed by atoms with van der Waals surface area (Å²) in [4.78, 5) is 51.3. The maximum Gasteiger partial charge on any atom is 0.269 e. The van der Waals surface area contributed by atoms with E-state index in [4.69, 9.17) is 11.6 Å². The number of likely N-dealkylation sites (tertiary alicyclic amines) is 1. The first-order chi connectivity index (χ1) is 15.8. The average Bonchev–Trinajstić information content (AvgIpc) is 3.47. The monoisotopic (exact) mass is 465 g/mol. The number of carbonyl (C=O) groups is 3. The molecule has 1 saturated heterocycles. The molecule has 5 atom stereocenters. The molecule has 0 spiro atoms. The largest absolute Gasteiger partial charge is 0.326 e. The molecule has 1 aliphatic heterocycles. The van der Waals surface area contributed by atoms with Gasteiger partial charge in [-0.05, 0) is 42.0 Å². The Labute approximate surface area is 194 Å². The number of hydrogen-bond donors (Lipinski definition) is 1. The van der Waals surface area contributed by atoms with Crippen LogP contribution >= 0.6 is 11.6 Å². The number of amides is 3. The summed E-state index contributed by atoms with van der Waals surface area (Å²) in [6.45, 7) is 0. The van der Waals surface area contributed by atoms with Gasteiger partial charge in [0.25, 0.3) is 5.69 Å². The third-order valence-electron chi connectivity index (χ3n) is 6.82. The van der Waals surface area contributed by atoms with Crippen LogP contribution in [0.1, 0.15) is 24.4 Å². The molecule has 2 aliphatic carbocycles. The number of carbonyl (C=O) groups excluding carboxylic acids is 3. The molecule has 2 bridgehead atoms. The van der Waals surface area contributed by atoms with Crippen molar-refractivity contribution in [1.82, 2.24) is 4.90 Å². The van der Waals surface area contributed by atoms with Crippen molar-refractivity contribution in [3.63, 3.8) is 0 Å². The van der Waals surface area contributed by atoms with Gasteiger partial charge in [-0.1, -0.05) is 42.0 Å². The highest BCUT2D eigenvalue weighted by molar-refractivity contribution is 6.31. The Kier molecular flexibility index (Phi) is 5.25. The molecule has 33 heavy (non-hydrogen) atoms. The quantitative estimate of drug-likeness (QED) is 0.298. The van der Waals surface area contributed by atoms with Gasteiger partial charge in [0.1, 0.15) is 0 Å². The molecule has 8 nitrogen and oxygen atoms in total. The lowest BCUT2D eigenvalue weighted by atomic mass is 9.85. The Balaban J connectivity index is 1.42. The Bertz CT molecular complexity index is 1160. The molecule has 1 saturated carbocycles. The van der Waals surface area contributed by atoms with Gasteiger partial charge in [0, 0.05) is 22.8 Å².